The molecule has 0 aromatic carbocycles. The minimum atomic E-state index is -3.42. The lowest BCUT2D eigenvalue weighted by Crippen LogP contribution is -2.40. The maximum Gasteiger partial charge on any atom is 0.305 e. The third-order valence-corrected chi connectivity index (χ3v) is 4.93. The van der Waals surface area contributed by atoms with Crippen molar-refractivity contribution in [1.29, 1.82) is 0 Å². The molecule has 0 amide bonds. The Morgan fingerprint density at radius 2 is 1.89 bits per heavy atom. The second kappa shape index (κ2) is 8.50. The minimum Gasteiger partial charge on any atom is -0.469 e. The number of methoxy groups -OCH3 is 1. The largest absolute Gasteiger partial charge is 0.469 e. The van der Waals surface area contributed by atoms with Gasteiger partial charge in [-0.25, -0.2) is 13.1 Å². The molecule has 0 aromatic rings. The number of hydrogen-bond acceptors (Lipinski definition) is 5. The fourth-order valence-corrected chi connectivity index (χ4v) is 2.82. The molecule has 0 aromatic heterocycles. The molecule has 0 rings (SSSR count). The van der Waals surface area contributed by atoms with Gasteiger partial charge in [-0.2, -0.15) is 0 Å². The summed E-state index contributed by atoms with van der Waals surface area (Å²) >= 11 is 0. The molecule has 0 saturated heterocycles. The van der Waals surface area contributed by atoms with Crippen molar-refractivity contribution in [3.05, 3.63) is 0 Å². The van der Waals surface area contributed by atoms with Crippen LogP contribution in [0.1, 0.15) is 39.5 Å². The van der Waals surface area contributed by atoms with E-state index >= 15 is 0 Å². The van der Waals surface area contributed by atoms with Crippen molar-refractivity contribution in [1.82, 2.24) is 4.72 Å². The average molecular weight is 295 g/mol. The zero-order valence-corrected chi connectivity index (χ0v) is 12.8. The molecule has 0 aliphatic rings. The smallest absolute Gasteiger partial charge is 0.305 e. The Morgan fingerprint density at radius 1 is 1.32 bits per heavy atom. The van der Waals surface area contributed by atoms with Gasteiger partial charge in [0, 0.05) is 25.0 Å². The fourth-order valence-electron chi connectivity index (χ4n) is 1.62. The van der Waals surface area contributed by atoms with Gasteiger partial charge < -0.3 is 9.84 Å². The van der Waals surface area contributed by atoms with Crippen LogP contribution < -0.4 is 4.72 Å². The maximum atomic E-state index is 11.7. The Kier molecular flexibility index (Phi) is 8.20. The van der Waals surface area contributed by atoms with Crippen molar-refractivity contribution < 1.29 is 23.1 Å². The van der Waals surface area contributed by atoms with E-state index in [-0.39, 0.29) is 31.7 Å². The van der Waals surface area contributed by atoms with Crippen LogP contribution in [-0.4, -0.2) is 45.5 Å². The standard InChI is InChI=1S/C12H25NO5S/c1-4-12(5-2,10-14)9-13-19(16,17)8-6-7-11(15)18-3/h13-14H,4-10H2,1-3H3. The van der Waals surface area contributed by atoms with Crippen LogP contribution in [0.2, 0.25) is 0 Å². The molecule has 0 unspecified atom stereocenters. The van der Waals surface area contributed by atoms with Gasteiger partial charge in [0.2, 0.25) is 10.0 Å². The Hall–Kier alpha value is -0.660. The van der Waals surface area contributed by atoms with Crippen LogP contribution in [-0.2, 0) is 19.6 Å². The van der Waals surface area contributed by atoms with E-state index < -0.39 is 21.4 Å². The number of carbonyl (C=O) groups is 1. The highest BCUT2D eigenvalue weighted by molar-refractivity contribution is 7.89. The Bertz CT molecular complexity index is 354. The molecule has 0 atom stereocenters. The average Bonchev–Trinajstić information content (AvgIpc) is 2.40. The van der Waals surface area contributed by atoms with Gasteiger partial charge in [-0.3, -0.25) is 4.79 Å². The summed E-state index contributed by atoms with van der Waals surface area (Å²) in [5.41, 5.74) is -0.407. The summed E-state index contributed by atoms with van der Waals surface area (Å²) in [5, 5.41) is 9.36. The molecule has 19 heavy (non-hydrogen) atoms. The molecule has 0 bridgehead atoms. The molecule has 2 N–H and O–H groups in total. The number of nitrogens with one attached hydrogen (secondary N) is 1. The summed E-state index contributed by atoms with van der Waals surface area (Å²) in [7, 11) is -2.15. The topological polar surface area (TPSA) is 92.7 Å². The Balaban J connectivity index is 4.26. The number of aliphatic hydroxyl groups is 1. The van der Waals surface area contributed by atoms with Crippen molar-refractivity contribution in [3.63, 3.8) is 0 Å². The first-order valence-corrected chi connectivity index (χ1v) is 8.15. The maximum absolute atomic E-state index is 11.7. The van der Waals surface area contributed by atoms with Crippen LogP contribution in [0.5, 0.6) is 0 Å². The summed E-state index contributed by atoms with van der Waals surface area (Å²) in [6.07, 6.45) is 1.71. The van der Waals surface area contributed by atoms with Crippen LogP contribution in [0, 0.1) is 5.41 Å². The number of carbonyl (C=O) groups excluding carboxylic acids is 1. The van der Waals surface area contributed by atoms with Gasteiger partial charge in [0.25, 0.3) is 0 Å². The Morgan fingerprint density at radius 3 is 2.32 bits per heavy atom. The van der Waals surface area contributed by atoms with Crippen molar-refractivity contribution in [2.45, 2.75) is 39.5 Å². The molecule has 114 valence electrons. The summed E-state index contributed by atoms with van der Waals surface area (Å²) in [6, 6.07) is 0. The predicted molar refractivity (Wildman–Crippen MR) is 73.1 cm³/mol. The lowest BCUT2D eigenvalue weighted by Gasteiger charge is -2.29. The minimum absolute atomic E-state index is 0.0509. The molecular formula is C12H25NO5S. The van der Waals surface area contributed by atoms with Crippen molar-refractivity contribution in [2.24, 2.45) is 5.41 Å². The number of sulfonamides is 1. The summed E-state index contributed by atoms with van der Waals surface area (Å²) in [5.74, 6) is -0.529. The van der Waals surface area contributed by atoms with Gasteiger partial charge in [-0.15, -0.1) is 0 Å². The quantitative estimate of drug-likeness (QED) is 0.578. The van der Waals surface area contributed by atoms with E-state index in [2.05, 4.69) is 9.46 Å². The van der Waals surface area contributed by atoms with E-state index in [1.807, 2.05) is 13.8 Å². The van der Waals surface area contributed by atoms with Crippen LogP contribution in [0.4, 0.5) is 0 Å². The van der Waals surface area contributed by atoms with Crippen molar-refractivity contribution >= 4 is 16.0 Å². The monoisotopic (exact) mass is 295 g/mol. The number of esters is 1. The molecular weight excluding hydrogens is 270 g/mol. The van der Waals surface area contributed by atoms with Gasteiger partial charge in [-0.1, -0.05) is 13.8 Å². The first kappa shape index (κ1) is 18.3. The zero-order valence-electron chi connectivity index (χ0n) is 11.9. The number of ether oxygens (including phenoxy) is 1. The van der Waals surface area contributed by atoms with E-state index in [9.17, 15) is 18.3 Å². The number of aliphatic hydroxyl groups excluding tert-OH is 1. The van der Waals surface area contributed by atoms with E-state index in [1.165, 1.54) is 7.11 Å². The summed E-state index contributed by atoms with van der Waals surface area (Å²) < 4.78 is 30.4. The molecule has 0 saturated carbocycles. The Labute approximate surface area is 115 Å². The molecule has 6 nitrogen and oxygen atoms in total. The first-order chi connectivity index (χ1) is 8.84. The lowest BCUT2D eigenvalue weighted by atomic mass is 9.84. The molecule has 0 aliphatic carbocycles. The molecule has 0 spiro atoms. The number of hydrogen-bond donors (Lipinski definition) is 2. The zero-order chi connectivity index (χ0) is 14.9. The lowest BCUT2D eigenvalue weighted by molar-refractivity contribution is -0.140. The van der Waals surface area contributed by atoms with Crippen molar-refractivity contribution in [3.8, 4) is 0 Å². The second-order valence-corrected chi connectivity index (χ2v) is 6.61. The highest BCUT2D eigenvalue weighted by Crippen LogP contribution is 2.24. The van der Waals surface area contributed by atoms with Crippen LogP contribution >= 0.6 is 0 Å². The van der Waals surface area contributed by atoms with E-state index in [0.29, 0.717) is 12.8 Å². The molecule has 0 radical (unpaired) electrons. The van der Waals surface area contributed by atoms with Gasteiger partial charge in [0.15, 0.2) is 0 Å². The third-order valence-electron chi connectivity index (χ3n) is 3.52. The molecule has 0 fully saturated rings. The van der Waals surface area contributed by atoms with Gasteiger partial charge in [0.05, 0.1) is 12.9 Å². The van der Waals surface area contributed by atoms with Gasteiger partial charge in [-0.05, 0) is 19.3 Å². The molecule has 0 aliphatic heterocycles. The van der Waals surface area contributed by atoms with E-state index in [4.69, 9.17) is 0 Å². The van der Waals surface area contributed by atoms with Crippen LogP contribution in [0.25, 0.3) is 0 Å². The van der Waals surface area contributed by atoms with Crippen LogP contribution in [0.15, 0.2) is 0 Å². The summed E-state index contributed by atoms with van der Waals surface area (Å²) in [6.45, 7) is 4.01. The van der Waals surface area contributed by atoms with Crippen LogP contribution in [0.3, 0.4) is 0 Å². The predicted octanol–water partition coefficient (Wildman–Crippen LogP) is 0.658. The second-order valence-electron chi connectivity index (χ2n) is 4.68. The van der Waals surface area contributed by atoms with Crippen molar-refractivity contribution in [2.75, 3.05) is 26.0 Å². The highest BCUT2D eigenvalue weighted by atomic mass is 32.2. The van der Waals surface area contributed by atoms with Gasteiger partial charge in [0.1, 0.15) is 0 Å². The highest BCUT2D eigenvalue weighted by Gasteiger charge is 2.27. The number of rotatable bonds is 10. The SMILES string of the molecule is CCC(CC)(CO)CNS(=O)(=O)CCCC(=O)OC. The summed E-state index contributed by atoms with van der Waals surface area (Å²) in [4.78, 5) is 10.9. The fraction of sp³-hybridized carbons (Fsp3) is 0.917. The third kappa shape index (κ3) is 6.89. The molecule has 7 heteroatoms. The molecule has 0 heterocycles. The van der Waals surface area contributed by atoms with E-state index in [0.717, 1.165) is 0 Å². The normalized spacial score (nSPS) is 12.4. The van der Waals surface area contributed by atoms with E-state index in [1.54, 1.807) is 0 Å². The first-order valence-electron chi connectivity index (χ1n) is 6.49. The van der Waals surface area contributed by atoms with Gasteiger partial charge >= 0.3 is 5.97 Å².